The molecule has 1 N–H and O–H groups in total. The molecule has 1 atom stereocenters. The number of carbonyl (C=O) groups is 2. The molecular formula is C15H16F4N2O2. The predicted molar refractivity (Wildman–Crippen MR) is 73.7 cm³/mol. The summed E-state index contributed by atoms with van der Waals surface area (Å²) >= 11 is 0. The molecule has 1 aliphatic heterocycles. The van der Waals surface area contributed by atoms with Crippen LogP contribution in [-0.4, -0.2) is 29.3 Å². The van der Waals surface area contributed by atoms with Gasteiger partial charge in [-0.3, -0.25) is 9.59 Å². The second-order valence-corrected chi connectivity index (χ2v) is 5.25. The van der Waals surface area contributed by atoms with Crippen molar-refractivity contribution in [1.82, 2.24) is 10.2 Å². The van der Waals surface area contributed by atoms with Gasteiger partial charge in [-0.15, -0.1) is 0 Å². The summed E-state index contributed by atoms with van der Waals surface area (Å²) in [6.07, 6.45) is -4.12. The Morgan fingerprint density at radius 1 is 1.39 bits per heavy atom. The van der Waals surface area contributed by atoms with Gasteiger partial charge < -0.3 is 10.2 Å². The molecule has 1 heterocycles. The van der Waals surface area contributed by atoms with Crippen molar-refractivity contribution in [3.05, 3.63) is 35.1 Å². The van der Waals surface area contributed by atoms with Gasteiger partial charge in [0, 0.05) is 19.5 Å². The van der Waals surface area contributed by atoms with E-state index in [9.17, 15) is 27.2 Å². The fraction of sp³-hybridized carbons (Fsp3) is 0.467. The highest BCUT2D eigenvalue weighted by Gasteiger charge is 2.36. The third kappa shape index (κ3) is 3.80. The Labute approximate surface area is 130 Å². The summed E-state index contributed by atoms with van der Waals surface area (Å²) in [6.45, 7) is 1.71. The van der Waals surface area contributed by atoms with Gasteiger partial charge in [0.2, 0.25) is 11.8 Å². The number of nitrogens with zero attached hydrogens (tertiary/aromatic N) is 1. The molecule has 2 rings (SSSR count). The van der Waals surface area contributed by atoms with Crippen molar-refractivity contribution in [2.45, 2.75) is 38.5 Å². The highest BCUT2D eigenvalue weighted by molar-refractivity contribution is 5.90. The van der Waals surface area contributed by atoms with E-state index in [1.54, 1.807) is 6.92 Å². The number of carbonyl (C=O) groups excluding carboxylic acids is 2. The Kier molecular flexibility index (Phi) is 4.91. The minimum Gasteiger partial charge on any atom is -0.350 e. The number of nitrogens with one attached hydrogen (secondary N) is 1. The van der Waals surface area contributed by atoms with Crippen LogP contribution in [0, 0.1) is 5.82 Å². The molecule has 8 heteroatoms. The molecule has 1 saturated heterocycles. The molecular weight excluding hydrogens is 316 g/mol. The van der Waals surface area contributed by atoms with E-state index in [2.05, 4.69) is 5.32 Å². The smallest absolute Gasteiger partial charge is 0.350 e. The van der Waals surface area contributed by atoms with Crippen LogP contribution in [0.3, 0.4) is 0 Å². The molecule has 23 heavy (non-hydrogen) atoms. The Morgan fingerprint density at radius 2 is 2.09 bits per heavy atom. The summed E-state index contributed by atoms with van der Waals surface area (Å²) in [7, 11) is 0. The number of rotatable bonds is 4. The summed E-state index contributed by atoms with van der Waals surface area (Å²) in [5, 5.41) is 2.40. The molecule has 1 aromatic rings. The van der Waals surface area contributed by atoms with E-state index in [-0.39, 0.29) is 24.4 Å². The zero-order valence-electron chi connectivity index (χ0n) is 12.4. The maximum absolute atomic E-state index is 13.0. The number of benzene rings is 1. The summed E-state index contributed by atoms with van der Waals surface area (Å²) in [5.41, 5.74) is -1.34. The lowest BCUT2D eigenvalue weighted by Crippen LogP contribution is -2.44. The molecule has 0 spiro atoms. The van der Waals surface area contributed by atoms with E-state index in [0.29, 0.717) is 19.0 Å². The van der Waals surface area contributed by atoms with Crippen molar-refractivity contribution < 1.29 is 27.2 Å². The van der Waals surface area contributed by atoms with E-state index in [4.69, 9.17) is 0 Å². The lowest BCUT2D eigenvalue weighted by molar-refractivity contribution is -0.138. The van der Waals surface area contributed by atoms with E-state index in [1.165, 1.54) is 4.90 Å². The number of halogens is 4. The molecule has 1 aromatic carbocycles. The van der Waals surface area contributed by atoms with Gasteiger partial charge in [0.05, 0.1) is 5.56 Å². The monoisotopic (exact) mass is 332 g/mol. The SMILES string of the molecule is CCN1C(=O)CC[C@@H]1C(=O)NCc1ccc(F)cc1C(F)(F)F. The fourth-order valence-corrected chi connectivity index (χ4v) is 2.67. The summed E-state index contributed by atoms with van der Waals surface area (Å²) in [5.74, 6) is -1.65. The highest BCUT2D eigenvalue weighted by atomic mass is 19.4. The van der Waals surface area contributed by atoms with Crippen LogP contribution in [-0.2, 0) is 22.3 Å². The molecule has 0 saturated carbocycles. The first kappa shape index (κ1) is 17.2. The standard InChI is InChI=1S/C15H16F4N2O2/c1-2-21-12(5-6-13(21)22)14(23)20-8-9-3-4-10(16)7-11(9)15(17,18)19/h3-4,7,12H,2,5-6,8H2,1H3,(H,20,23)/t12-/m1/s1. The first-order valence-corrected chi connectivity index (χ1v) is 7.16. The predicted octanol–water partition coefficient (Wildman–Crippen LogP) is 2.47. The van der Waals surface area contributed by atoms with Crippen LogP contribution in [0.25, 0.3) is 0 Å². The van der Waals surface area contributed by atoms with E-state index < -0.39 is 29.5 Å². The lowest BCUT2D eigenvalue weighted by atomic mass is 10.1. The minimum atomic E-state index is -4.71. The molecule has 126 valence electrons. The van der Waals surface area contributed by atoms with Gasteiger partial charge >= 0.3 is 6.18 Å². The summed E-state index contributed by atoms with van der Waals surface area (Å²) in [4.78, 5) is 25.1. The van der Waals surface area contributed by atoms with E-state index in [1.807, 2.05) is 0 Å². The quantitative estimate of drug-likeness (QED) is 0.861. The van der Waals surface area contributed by atoms with Gasteiger partial charge in [-0.1, -0.05) is 6.07 Å². The van der Waals surface area contributed by atoms with Gasteiger partial charge in [-0.2, -0.15) is 13.2 Å². The molecule has 0 radical (unpaired) electrons. The normalized spacial score (nSPS) is 18.4. The van der Waals surface area contributed by atoms with Crippen LogP contribution >= 0.6 is 0 Å². The lowest BCUT2D eigenvalue weighted by Gasteiger charge is -2.22. The topological polar surface area (TPSA) is 49.4 Å². The fourth-order valence-electron chi connectivity index (χ4n) is 2.67. The Morgan fingerprint density at radius 3 is 2.70 bits per heavy atom. The molecule has 0 bridgehead atoms. The Balaban J connectivity index is 2.09. The van der Waals surface area contributed by atoms with Crippen LogP contribution in [0.15, 0.2) is 18.2 Å². The van der Waals surface area contributed by atoms with Crippen LogP contribution < -0.4 is 5.32 Å². The van der Waals surface area contributed by atoms with Crippen LogP contribution in [0.5, 0.6) is 0 Å². The summed E-state index contributed by atoms with van der Waals surface area (Å²) in [6, 6.07) is 1.64. The zero-order chi connectivity index (χ0) is 17.2. The zero-order valence-corrected chi connectivity index (χ0v) is 12.4. The number of alkyl halides is 3. The molecule has 0 unspecified atom stereocenters. The van der Waals surface area contributed by atoms with Gasteiger partial charge in [0.1, 0.15) is 11.9 Å². The van der Waals surface area contributed by atoms with E-state index >= 15 is 0 Å². The van der Waals surface area contributed by atoms with Crippen molar-refractivity contribution in [3.63, 3.8) is 0 Å². The number of hydrogen-bond donors (Lipinski definition) is 1. The molecule has 2 amide bonds. The highest BCUT2D eigenvalue weighted by Crippen LogP contribution is 2.32. The summed E-state index contributed by atoms with van der Waals surface area (Å²) < 4.78 is 51.7. The first-order chi connectivity index (χ1) is 10.7. The molecule has 1 aliphatic rings. The van der Waals surface area contributed by atoms with Gasteiger partial charge in [0.15, 0.2) is 0 Å². The number of hydrogen-bond acceptors (Lipinski definition) is 2. The maximum Gasteiger partial charge on any atom is 0.416 e. The van der Waals surface area contributed by atoms with Crippen LogP contribution in [0.2, 0.25) is 0 Å². The van der Waals surface area contributed by atoms with Crippen molar-refractivity contribution in [1.29, 1.82) is 0 Å². The molecule has 0 aliphatic carbocycles. The molecule has 4 nitrogen and oxygen atoms in total. The van der Waals surface area contributed by atoms with Gasteiger partial charge in [-0.05, 0) is 31.0 Å². The molecule has 0 aromatic heterocycles. The Hall–Kier alpha value is -2.12. The first-order valence-electron chi connectivity index (χ1n) is 7.16. The van der Waals surface area contributed by atoms with Crippen molar-refractivity contribution in [3.8, 4) is 0 Å². The number of likely N-dealkylation sites (tertiary alicyclic amines) is 1. The van der Waals surface area contributed by atoms with Crippen molar-refractivity contribution in [2.75, 3.05) is 6.54 Å². The minimum absolute atomic E-state index is 0.148. The Bertz CT molecular complexity index is 616. The average molecular weight is 332 g/mol. The van der Waals surface area contributed by atoms with Gasteiger partial charge in [0.25, 0.3) is 0 Å². The van der Waals surface area contributed by atoms with Crippen LogP contribution in [0.4, 0.5) is 17.6 Å². The third-order valence-electron chi connectivity index (χ3n) is 3.80. The van der Waals surface area contributed by atoms with Crippen LogP contribution in [0.1, 0.15) is 30.9 Å². The second-order valence-electron chi connectivity index (χ2n) is 5.25. The maximum atomic E-state index is 13.0. The molecule has 1 fully saturated rings. The number of amides is 2. The van der Waals surface area contributed by atoms with Crippen molar-refractivity contribution >= 4 is 11.8 Å². The third-order valence-corrected chi connectivity index (χ3v) is 3.80. The average Bonchev–Trinajstić information content (AvgIpc) is 2.85. The van der Waals surface area contributed by atoms with E-state index in [0.717, 1.165) is 12.1 Å². The largest absolute Gasteiger partial charge is 0.416 e. The second kappa shape index (κ2) is 6.55. The van der Waals surface area contributed by atoms with Gasteiger partial charge in [-0.25, -0.2) is 4.39 Å². The number of likely N-dealkylation sites (N-methyl/N-ethyl adjacent to an activating group) is 1. The van der Waals surface area contributed by atoms with Crippen molar-refractivity contribution in [2.24, 2.45) is 0 Å².